The number of benzene rings is 2. The Labute approximate surface area is 236 Å². The number of anilines is 4. The van der Waals surface area contributed by atoms with E-state index in [-0.39, 0.29) is 21.1 Å². The first-order valence-corrected chi connectivity index (χ1v) is 11.8. The molecule has 2 heterocycles. The molecule has 0 radical (unpaired) electrons. The standard InChI is InChI=1S/2C15H18N3.Pt/c2*1-17(2)13-7-5-12(6-8-13)15-11-14(18(3)4)9-10-16-15;/h2*5,7-11H,1-4H3;/q2*-1;+2. The van der Waals surface area contributed by atoms with Gasteiger partial charge in [0, 0.05) is 52.0 Å². The fourth-order valence-corrected chi connectivity index (χ4v) is 3.40. The number of hydrogen-bond acceptors (Lipinski definition) is 6. The number of hydrogen-bond donors (Lipinski definition) is 0. The number of nitrogens with zero attached hydrogens (tertiary/aromatic N) is 6. The van der Waals surface area contributed by atoms with Gasteiger partial charge in [-0.2, -0.15) is 0 Å². The Hall–Kier alpha value is -3.37. The molecule has 0 N–H and O–H groups in total. The fourth-order valence-electron chi connectivity index (χ4n) is 3.40. The van der Waals surface area contributed by atoms with Gasteiger partial charge in [0.15, 0.2) is 0 Å². The van der Waals surface area contributed by atoms with Crippen molar-refractivity contribution in [1.82, 2.24) is 9.97 Å². The van der Waals surface area contributed by atoms with Crippen LogP contribution in [0.15, 0.2) is 73.1 Å². The summed E-state index contributed by atoms with van der Waals surface area (Å²) >= 11 is 0. The molecule has 0 saturated carbocycles. The topological polar surface area (TPSA) is 38.7 Å². The maximum Gasteiger partial charge on any atom is 2.00 e. The normalized spacial score (nSPS) is 9.95. The van der Waals surface area contributed by atoms with Crippen LogP contribution < -0.4 is 19.6 Å². The van der Waals surface area contributed by atoms with E-state index in [0.29, 0.717) is 0 Å². The van der Waals surface area contributed by atoms with Crippen molar-refractivity contribution in [3.8, 4) is 22.5 Å². The zero-order chi connectivity index (χ0) is 26.2. The van der Waals surface area contributed by atoms with Crippen molar-refractivity contribution in [3.05, 3.63) is 85.2 Å². The Morgan fingerprint density at radius 2 is 0.838 bits per heavy atom. The first-order chi connectivity index (χ1) is 17.2. The van der Waals surface area contributed by atoms with Gasteiger partial charge in [0.1, 0.15) is 0 Å². The quantitative estimate of drug-likeness (QED) is 0.257. The number of rotatable bonds is 6. The van der Waals surface area contributed by atoms with E-state index >= 15 is 0 Å². The van der Waals surface area contributed by atoms with Crippen molar-refractivity contribution >= 4 is 22.7 Å². The van der Waals surface area contributed by atoms with E-state index in [1.54, 1.807) is 0 Å². The number of aromatic nitrogens is 2. The molecule has 0 bridgehead atoms. The molecule has 0 aliphatic carbocycles. The molecule has 2 aromatic heterocycles. The molecule has 0 unspecified atom stereocenters. The van der Waals surface area contributed by atoms with E-state index in [1.165, 1.54) is 0 Å². The van der Waals surface area contributed by atoms with E-state index in [0.717, 1.165) is 45.3 Å². The second-order valence-corrected chi connectivity index (χ2v) is 9.30. The third kappa shape index (κ3) is 8.33. The maximum absolute atomic E-state index is 4.40. The molecule has 0 aliphatic rings. The van der Waals surface area contributed by atoms with Gasteiger partial charge < -0.3 is 29.6 Å². The molecule has 0 spiro atoms. The Kier molecular flexibility index (Phi) is 11.1. The average Bonchev–Trinajstić information content (AvgIpc) is 2.89. The summed E-state index contributed by atoms with van der Waals surface area (Å²) in [6.07, 6.45) is 3.66. The molecule has 4 rings (SSSR count). The zero-order valence-corrected chi connectivity index (χ0v) is 25.2. The molecular formula is C30H36N6Pt. The Balaban J connectivity index is 0.000000253. The zero-order valence-electron chi connectivity index (χ0n) is 22.9. The minimum absolute atomic E-state index is 0. The Bertz CT molecular complexity index is 1140. The fraction of sp³-hybridized carbons (Fsp3) is 0.267. The molecule has 0 saturated heterocycles. The SMILES string of the molecule is CN(C)c1c[c-]c(-c2cc(N(C)C)ccn2)cc1.CN(C)c1c[c-]c(-c2cc(N(C)C)ccn2)cc1.[Pt+2]. The predicted octanol–water partition coefficient (Wildman–Crippen LogP) is 5.36. The van der Waals surface area contributed by atoms with Crippen LogP contribution in [0, 0.1) is 12.1 Å². The summed E-state index contributed by atoms with van der Waals surface area (Å²) in [5.74, 6) is 0. The van der Waals surface area contributed by atoms with Crippen molar-refractivity contribution in [2.24, 2.45) is 0 Å². The first-order valence-electron chi connectivity index (χ1n) is 11.8. The summed E-state index contributed by atoms with van der Waals surface area (Å²) in [6, 6.07) is 26.9. The Morgan fingerprint density at radius 3 is 1.11 bits per heavy atom. The van der Waals surface area contributed by atoms with Crippen molar-refractivity contribution in [3.63, 3.8) is 0 Å². The van der Waals surface area contributed by atoms with Gasteiger partial charge in [0.25, 0.3) is 0 Å². The maximum atomic E-state index is 4.40. The summed E-state index contributed by atoms with van der Waals surface area (Å²) in [7, 11) is 16.2. The van der Waals surface area contributed by atoms with E-state index in [9.17, 15) is 0 Å². The van der Waals surface area contributed by atoms with Crippen LogP contribution in [-0.4, -0.2) is 66.3 Å². The average molecular weight is 676 g/mol. The summed E-state index contributed by atoms with van der Waals surface area (Å²) in [4.78, 5) is 17.0. The van der Waals surface area contributed by atoms with Gasteiger partial charge in [0.2, 0.25) is 0 Å². The van der Waals surface area contributed by atoms with Gasteiger partial charge in [-0.3, -0.25) is 0 Å². The predicted molar refractivity (Wildman–Crippen MR) is 154 cm³/mol. The minimum atomic E-state index is 0. The molecule has 0 aliphatic heterocycles. The first kappa shape index (κ1) is 29.9. The molecule has 6 nitrogen and oxygen atoms in total. The van der Waals surface area contributed by atoms with Crippen LogP contribution in [0.2, 0.25) is 0 Å². The molecule has 2 aromatic carbocycles. The van der Waals surface area contributed by atoms with Gasteiger partial charge in [-0.15, -0.1) is 59.7 Å². The van der Waals surface area contributed by atoms with Crippen LogP contribution in [0.1, 0.15) is 0 Å². The van der Waals surface area contributed by atoms with Crippen molar-refractivity contribution in [2.75, 3.05) is 76.0 Å². The second kappa shape index (κ2) is 13.8. The van der Waals surface area contributed by atoms with Gasteiger partial charge >= 0.3 is 21.1 Å². The van der Waals surface area contributed by atoms with Crippen LogP contribution in [0.3, 0.4) is 0 Å². The van der Waals surface area contributed by atoms with Crippen LogP contribution >= 0.6 is 0 Å². The molecular weight excluding hydrogens is 639 g/mol. The van der Waals surface area contributed by atoms with Crippen molar-refractivity contribution in [2.45, 2.75) is 0 Å². The van der Waals surface area contributed by atoms with Crippen LogP contribution in [0.4, 0.5) is 22.7 Å². The monoisotopic (exact) mass is 675 g/mol. The second-order valence-electron chi connectivity index (χ2n) is 9.30. The summed E-state index contributed by atoms with van der Waals surface area (Å²) in [5, 5.41) is 0. The van der Waals surface area contributed by atoms with Gasteiger partial charge in [-0.05, 0) is 63.1 Å². The summed E-state index contributed by atoms with van der Waals surface area (Å²) in [6.45, 7) is 0. The van der Waals surface area contributed by atoms with Gasteiger partial charge in [-0.25, -0.2) is 0 Å². The summed E-state index contributed by atoms with van der Waals surface area (Å²) in [5.41, 5.74) is 8.51. The summed E-state index contributed by atoms with van der Waals surface area (Å²) < 4.78 is 0. The van der Waals surface area contributed by atoms with Crippen molar-refractivity contribution in [1.29, 1.82) is 0 Å². The van der Waals surface area contributed by atoms with E-state index in [2.05, 4.69) is 78.1 Å². The Morgan fingerprint density at radius 1 is 0.486 bits per heavy atom. The van der Waals surface area contributed by atoms with Gasteiger partial charge in [-0.1, -0.05) is 12.1 Å². The smallest absolute Gasteiger partial charge is 0.416 e. The van der Waals surface area contributed by atoms with E-state index < -0.39 is 0 Å². The molecule has 37 heavy (non-hydrogen) atoms. The molecule has 4 aromatic rings. The molecule has 7 heteroatoms. The molecule has 0 fully saturated rings. The van der Waals surface area contributed by atoms with Gasteiger partial charge in [0.05, 0.1) is 0 Å². The van der Waals surface area contributed by atoms with Crippen molar-refractivity contribution < 1.29 is 21.1 Å². The van der Waals surface area contributed by atoms with Crippen LogP contribution in [0.5, 0.6) is 0 Å². The molecule has 196 valence electrons. The molecule has 0 atom stereocenters. The third-order valence-corrected chi connectivity index (χ3v) is 5.70. The van der Waals surface area contributed by atoms with E-state index in [4.69, 9.17) is 0 Å². The number of pyridine rings is 2. The van der Waals surface area contributed by atoms with Crippen LogP contribution in [0.25, 0.3) is 22.5 Å². The molecule has 0 amide bonds. The largest absolute Gasteiger partial charge is 2.00 e. The van der Waals surface area contributed by atoms with Crippen LogP contribution in [-0.2, 0) is 21.1 Å². The van der Waals surface area contributed by atoms with E-state index in [1.807, 2.05) is 93.0 Å². The third-order valence-electron chi connectivity index (χ3n) is 5.70. The minimum Gasteiger partial charge on any atom is -0.416 e.